The summed E-state index contributed by atoms with van der Waals surface area (Å²) in [6.07, 6.45) is 8.43. The predicted octanol–water partition coefficient (Wildman–Crippen LogP) is 2.28. The molecule has 0 spiro atoms. The van der Waals surface area contributed by atoms with Crippen molar-refractivity contribution in [1.29, 1.82) is 0 Å². The fourth-order valence-electron chi connectivity index (χ4n) is 3.39. The average Bonchev–Trinajstić information content (AvgIpc) is 2.95. The Balaban J connectivity index is 1.42. The average molecular weight is 348 g/mol. The summed E-state index contributed by atoms with van der Waals surface area (Å²) in [6.45, 7) is 5.94. The van der Waals surface area contributed by atoms with Gasteiger partial charge in [0, 0.05) is 57.6 Å². The first-order valence-electron chi connectivity index (χ1n) is 9.28. The second-order valence-corrected chi connectivity index (χ2v) is 6.76. The van der Waals surface area contributed by atoms with Crippen molar-refractivity contribution < 1.29 is 0 Å². The number of hydrogen-bond donors (Lipinski definition) is 0. The van der Waals surface area contributed by atoms with Gasteiger partial charge in [0.25, 0.3) is 0 Å². The smallest absolute Gasteiger partial charge is 0.137 e. The van der Waals surface area contributed by atoms with Crippen LogP contribution in [0.1, 0.15) is 35.4 Å². The van der Waals surface area contributed by atoms with Gasteiger partial charge >= 0.3 is 0 Å². The molecular formula is C20H24N6. The van der Waals surface area contributed by atoms with Gasteiger partial charge in [0.2, 0.25) is 0 Å². The fraction of sp³-hybridized carbons (Fsp3) is 0.400. The van der Waals surface area contributed by atoms with Gasteiger partial charge in [-0.2, -0.15) is 0 Å². The van der Waals surface area contributed by atoms with Gasteiger partial charge < -0.3 is 4.57 Å². The zero-order valence-corrected chi connectivity index (χ0v) is 15.2. The molecule has 4 rings (SSSR count). The molecule has 3 aromatic heterocycles. The molecular weight excluding hydrogens is 324 g/mol. The molecule has 0 aliphatic carbocycles. The summed E-state index contributed by atoms with van der Waals surface area (Å²) < 4.78 is 2.28. The lowest BCUT2D eigenvalue weighted by atomic mass is 10.2. The summed E-state index contributed by atoms with van der Waals surface area (Å²) in [5, 5.41) is 8.84. The highest BCUT2D eigenvalue weighted by atomic mass is 15.3. The number of pyridine rings is 2. The molecule has 0 aromatic carbocycles. The Labute approximate surface area is 153 Å². The van der Waals surface area contributed by atoms with Crippen LogP contribution in [0.25, 0.3) is 0 Å². The SMILES string of the molecule is CCc1ccc(CN2CCc3nnc(Cc4cccnc4)n3CC2)nc1. The van der Waals surface area contributed by atoms with Crippen molar-refractivity contribution in [2.75, 3.05) is 13.1 Å². The Morgan fingerprint density at radius 2 is 1.96 bits per heavy atom. The van der Waals surface area contributed by atoms with E-state index in [-0.39, 0.29) is 0 Å². The highest BCUT2D eigenvalue weighted by Gasteiger charge is 2.19. The number of fused-ring (bicyclic) bond motifs is 1. The summed E-state index contributed by atoms with van der Waals surface area (Å²) >= 11 is 0. The molecule has 4 heterocycles. The maximum Gasteiger partial charge on any atom is 0.137 e. The van der Waals surface area contributed by atoms with Gasteiger partial charge in [-0.05, 0) is 29.7 Å². The second kappa shape index (κ2) is 7.74. The first kappa shape index (κ1) is 16.8. The van der Waals surface area contributed by atoms with E-state index in [1.165, 1.54) is 11.1 Å². The number of aromatic nitrogens is 5. The molecule has 0 radical (unpaired) electrons. The summed E-state index contributed by atoms with van der Waals surface area (Å²) in [4.78, 5) is 11.3. The van der Waals surface area contributed by atoms with Crippen LogP contribution in [0.4, 0.5) is 0 Å². The molecule has 0 unspecified atom stereocenters. The quantitative estimate of drug-likeness (QED) is 0.708. The maximum absolute atomic E-state index is 4.60. The molecule has 0 atom stereocenters. The van der Waals surface area contributed by atoms with Crippen molar-refractivity contribution in [1.82, 2.24) is 29.6 Å². The molecule has 0 bridgehead atoms. The van der Waals surface area contributed by atoms with E-state index in [1.54, 1.807) is 6.20 Å². The Morgan fingerprint density at radius 3 is 2.73 bits per heavy atom. The molecule has 1 aliphatic rings. The van der Waals surface area contributed by atoms with Crippen molar-refractivity contribution in [3.63, 3.8) is 0 Å². The third kappa shape index (κ3) is 3.80. The molecule has 0 fully saturated rings. The van der Waals surface area contributed by atoms with E-state index in [0.717, 1.165) is 62.8 Å². The van der Waals surface area contributed by atoms with Crippen molar-refractivity contribution in [2.24, 2.45) is 0 Å². The summed E-state index contributed by atoms with van der Waals surface area (Å²) in [5.74, 6) is 2.11. The summed E-state index contributed by atoms with van der Waals surface area (Å²) in [7, 11) is 0. The molecule has 26 heavy (non-hydrogen) atoms. The molecule has 6 nitrogen and oxygen atoms in total. The predicted molar refractivity (Wildman–Crippen MR) is 99.7 cm³/mol. The molecule has 0 N–H and O–H groups in total. The molecule has 1 aliphatic heterocycles. The molecule has 6 heteroatoms. The van der Waals surface area contributed by atoms with Crippen LogP contribution in [-0.2, 0) is 32.4 Å². The van der Waals surface area contributed by atoms with Crippen molar-refractivity contribution in [3.8, 4) is 0 Å². The number of nitrogens with zero attached hydrogens (tertiary/aromatic N) is 6. The zero-order valence-electron chi connectivity index (χ0n) is 15.2. The Hall–Kier alpha value is -2.60. The minimum atomic E-state index is 0.779. The molecule has 0 saturated heterocycles. The highest BCUT2D eigenvalue weighted by molar-refractivity contribution is 5.16. The van der Waals surface area contributed by atoms with Crippen LogP contribution in [0.15, 0.2) is 42.9 Å². The Bertz CT molecular complexity index is 840. The van der Waals surface area contributed by atoms with Gasteiger partial charge in [0.05, 0.1) is 5.69 Å². The number of hydrogen-bond acceptors (Lipinski definition) is 5. The zero-order chi connectivity index (χ0) is 17.8. The molecule has 0 amide bonds. The van der Waals surface area contributed by atoms with Crippen LogP contribution in [0.5, 0.6) is 0 Å². The van der Waals surface area contributed by atoms with E-state index >= 15 is 0 Å². The van der Waals surface area contributed by atoms with Gasteiger partial charge in [-0.15, -0.1) is 10.2 Å². The third-order valence-corrected chi connectivity index (χ3v) is 4.96. The lowest BCUT2D eigenvalue weighted by molar-refractivity contribution is 0.267. The van der Waals surface area contributed by atoms with Gasteiger partial charge in [-0.25, -0.2) is 0 Å². The summed E-state index contributed by atoms with van der Waals surface area (Å²) in [6, 6.07) is 8.38. The first-order chi connectivity index (χ1) is 12.8. The van der Waals surface area contributed by atoms with Crippen molar-refractivity contribution in [2.45, 2.75) is 39.3 Å². The first-order valence-corrected chi connectivity index (χ1v) is 9.28. The summed E-state index contributed by atoms with van der Waals surface area (Å²) in [5.41, 5.74) is 3.59. The van der Waals surface area contributed by atoms with Crippen molar-refractivity contribution in [3.05, 3.63) is 71.3 Å². The van der Waals surface area contributed by atoms with Crippen LogP contribution >= 0.6 is 0 Å². The number of aryl methyl sites for hydroxylation is 1. The van der Waals surface area contributed by atoms with Gasteiger partial charge in [0.1, 0.15) is 11.6 Å². The van der Waals surface area contributed by atoms with Crippen LogP contribution < -0.4 is 0 Å². The van der Waals surface area contributed by atoms with E-state index in [2.05, 4.69) is 54.8 Å². The monoisotopic (exact) mass is 348 g/mol. The van der Waals surface area contributed by atoms with Crippen LogP contribution in [0.2, 0.25) is 0 Å². The van der Waals surface area contributed by atoms with Crippen LogP contribution in [0, 0.1) is 0 Å². The molecule has 3 aromatic rings. The van der Waals surface area contributed by atoms with E-state index in [0.29, 0.717) is 0 Å². The normalized spacial score (nSPS) is 14.8. The second-order valence-electron chi connectivity index (χ2n) is 6.76. The maximum atomic E-state index is 4.60. The Morgan fingerprint density at radius 1 is 1.00 bits per heavy atom. The largest absolute Gasteiger partial charge is 0.313 e. The lowest BCUT2D eigenvalue weighted by Crippen LogP contribution is -2.27. The van der Waals surface area contributed by atoms with Crippen molar-refractivity contribution >= 4 is 0 Å². The standard InChI is InChI=1S/C20H24N6/c1-2-16-5-6-18(22-14-16)15-25-9-7-19-23-24-20(26(19)11-10-25)12-17-4-3-8-21-13-17/h3-6,8,13-14H,2,7,9-12,15H2,1H3. The van der Waals surface area contributed by atoms with Gasteiger partial charge in [0.15, 0.2) is 0 Å². The Kier molecular flexibility index (Phi) is 5.02. The molecule has 0 saturated carbocycles. The minimum Gasteiger partial charge on any atom is -0.313 e. The molecule has 134 valence electrons. The van der Waals surface area contributed by atoms with Gasteiger partial charge in [-0.3, -0.25) is 14.9 Å². The third-order valence-electron chi connectivity index (χ3n) is 4.96. The van der Waals surface area contributed by atoms with E-state index in [9.17, 15) is 0 Å². The van der Waals surface area contributed by atoms with Crippen LogP contribution in [0.3, 0.4) is 0 Å². The van der Waals surface area contributed by atoms with Gasteiger partial charge in [-0.1, -0.05) is 19.1 Å². The van der Waals surface area contributed by atoms with E-state index in [1.807, 2.05) is 18.5 Å². The van der Waals surface area contributed by atoms with E-state index < -0.39 is 0 Å². The number of rotatable bonds is 5. The topological polar surface area (TPSA) is 59.7 Å². The highest BCUT2D eigenvalue weighted by Crippen LogP contribution is 2.14. The minimum absolute atomic E-state index is 0.779. The van der Waals surface area contributed by atoms with E-state index in [4.69, 9.17) is 0 Å². The fourth-order valence-corrected chi connectivity index (χ4v) is 3.39. The van der Waals surface area contributed by atoms with Crippen LogP contribution in [-0.4, -0.2) is 42.7 Å². The lowest BCUT2D eigenvalue weighted by Gasteiger charge is -2.19.